The molecule has 0 bridgehead atoms. The molecule has 8 heteroatoms. The van der Waals surface area contributed by atoms with E-state index in [-0.39, 0.29) is 29.4 Å². The molecule has 0 unspecified atom stereocenters. The van der Waals surface area contributed by atoms with Crippen molar-refractivity contribution in [2.75, 3.05) is 12.4 Å². The van der Waals surface area contributed by atoms with Gasteiger partial charge in [0.1, 0.15) is 5.82 Å². The van der Waals surface area contributed by atoms with E-state index in [2.05, 4.69) is 20.3 Å². The maximum absolute atomic E-state index is 12.9. The molecule has 1 amide bonds. The average molecular weight is 430 g/mol. The van der Waals surface area contributed by atoms with Gasteiger partial charge < -0.3 is 20.0 Å². The van der Waals surface area contributed by atoms with Gasteiger partial charge in [0, 0.05) is 18.2 Å². The van der Waals surface area contributed by atoms with Crippen molar-refractivity contribution in [1.29, 1.82) is 0 Å². The van der Waals surface area contributed by atoms with Gasteiger partial charge in [-0.2, -0.15) is 0 Å². The predicted molar refractivity (Wildman–Crippen MR) is 121 cm³/mol. The van der Waals surface area contributed by atoms with Crippen LogP contribution < -0.4 is 5.32 Å². The highest BCUT2D eigenvalue weighted by Crippen LogP contribution is 2.28. The SMILES string of the molecule is COC(=O)c1c(CC(=O)Nc2ccccc2-c2nc3ccccc3[nH]2)[nH]c(C(C)=O)c1C. The molecule has 0 radical (unpaired) electrons. The second-order valence-electron chi connectivity index (χ2n) is 7.40. The number of fused-ring (bicyclic) bond motifs is 1. The molecule has 2 heterocycles. The fourth-order valence-corrected chi connectivity index (χ4v) is 3.76. The van der Waals surface area contributed by atoms with Crippen molar-refractivity contribution in [3.8, 4) is 11.4 Å². The van der Waals surface area contributed by atoms with Gasteiger partial charge >= 0.3 is 5.97 Å². The minimum atomic E-state index is -0.600. The predicted octanol–water partition coefficient (Wildman–Crippen LogP) is 4.04. The van der Waals surface area contributed by atoms with Crippen LogP contribution in [0.15, 0.2) is 48.5 Å². The van der Waals surface area contributed by atoms with Crippen molar-refractivity contribution in [2.24, 2.45) is 0 Å². The summed E-state index contributed by atoms with van der Waals surface area (Å²) < 4.78 is 4.84. The number of nitrogens with zero attached hydrogens (tertiary/aromatic N) is 1. The summed E-state index contributed by atoms with van der Waals surface area (Å²) in [6.07, 6.45) is -0.132. The van der Waals surface area contributed by atoms with Crippen molar-refractivity contribution in [3.63, 3.8) is 0 Å². The first-order chi connectivity index (χ1) is 15.4. The Balaban J connectivity index is 1.63. The number of imidazole rings is 1. The molecule has 2 aromatic heterocycles. The molecule has 0 saturated heterocycles. The molecule has 0 atom stereocenters. The minimum Gasteiger partial charge on any atom is -0.465 e. The lowest BCUT2D eigenvalue weighted by Crippen LogP contribution is -2.17. The van der Waals surface area contributed by atoms with E-state index >= 15 is 0 Å². The number of amides is 1. The number of benzene rings is 2. The fourth-order valence-electron chi connectivity index (χ4n) is 3.76. The number of carbonyl (C=O) groups is 3. The zero-order valence-electron chi connectivity index (χ0n) is 17.9. The Bertz CT molecular complexity index is 1320. The molecule has 3 N–H and O–H groups in total. The maximum Gasteiger partial charge on any atom is 0.339 e. The van der Waals surface area contributed by atoms with E-state index in [1.807, 2.05) is 42.5 Å². The van der Waals surface area contributed by atoms with Gasteiger partial charge in [0.25, 0.3) is 0 Å². The highest BCUT2D eigenvalue weighted by molar-refractivity contribution is 6.03. The van der Waals surface area contributed by atoms with Crippen LogP contribution in [0.25, 0.3) is 22.4 Å². The van der Waals surface area contributed by atoms with Gasteiger partial charge in [0.05, 0.1) is 41.5 Å². The zero-order valence-corrected chi connectivity index (χ0v) is 17.9. The van der Waals surface area contributed by atoms with Crippen LogP contribution in [0.3, 0.4) is 0 Å². The number of nitrogens with one attached hydrogen (secondary N) is 3. The Morgan fingerprint density at radius 2 is 1.75 bits per heavy atom. The lowest BCUT2D eigenvalue weighted by Gasteiger charge is -2.10. The number of carbonyl (C=O) groups excluding carboxylic acids is 3. The van der Waals surface area contributed by atoms with Crippen LogP contribution in [-0.4, -0.2) is 39.7 Å². The van der Waals surface area contributed by atoms with E-state index in [1.54, 1.807) is 13.0 Å². The third kappa shape index (κ3) is 3.90. The Morgan fingerprint density at radius 1 is 1.03 bits per heavy atom. The number of aromatic nitrogens is 3. The van der Waals surface area contributed by atoms with Crippen LogP contribution in [0.5, 0.6) is 0 Å². The van der Waals surface area contributed by atoms with E-state index < -0.39 is 5.97 Å². The molecule has 0 spiro atoms. The van der Waals surface area contributed by atoms with Crippen LogP contribution >= 0.6 is 0 Å². The molecule has 2 aromatic carbocycles. The molecule has 0 aliphatic heterocycles. The summed E-state index contributed by atoms with van der Waals surface area (Å²) in [6, 6.07) is 15.0. The van der Waals surface area contributed by atoms with Crippen LogP contribution in [-0.2, 0) is 16.0 Å². The van der Waals surface area contributed by atoms with E-state index in [4.69, 9.17) is 4.74 Å². The van der Waals surface area contributed by atoms with Gasteiger partial charge in [-0.1, -0.05) is 24.3 Å². The van der Waals surface area contributed by atoms with E-state index in [0.717, 1.165) is 16.6 Å². The molecule has 0 aliphatic rings. The summed E-state index contributed by atoms with van der Waals surface area (Å²) in [5.74, 6) is -0.548. The molecule has 0 saturated carbocycles. The summed E-state index contributed by atoms with van der Waals surface area (Å²) >= 11 is 0. The van der Waals surface area contributed by atoms with Gasteiger partial charge in [-0.3, -0.25) is 9.59 Å². The van der Waals surface area contributed by atoms with Gasteiger partial charge in [-0.05, 0) is 36.8 Å². The van der Waals surface area contributed by atoms with Crippen LogP contribution in [0, 0.1) is 6.92 Å². The molecular weight excluding hydrogens is 408 g/mol. The number of esters is 1. The molecule has 4 aromatic rings. The van der Waals surface area contributed by atoms with Gasteiger partial charge in [-0.15, -0.1) is 0 Å². The summed E-state index contributed by atoms with van der Waals surface area (Å²) in [4.78, 5) is 47.8. The first-order valence-electron chi connectivity index (χ1n) is 10.0. The fraction of sp³-hybridized carbons (Fsp3) is 0.167. The van der Waals surface area contributed by atoms with Crippen molar-refractivity contribution in [3.05, 3.63) is 71.0 Å². The van der Waals surface area contributed by atoms with E-state index in [1.165, 1.54) is 14.0 Å². The summed E-state index contributed by atoms with van der Waals surface area (Å²) in [5, 5.41) is 2.89. The number of hydrogen-bond acceptors (Lipinski definition) is 5. The monoisotopic (exact) mass is 430 g/mol. The van der Waals surface area contributed by atoms with Gasteiger partial charge in [0.15, 0.2) is 5.78 Å². The highest BCUT2D eigenvalue weighted by Gasteiger charge is 2.24. The molecular formula is C24H22N4O4. The first-order valence-corrected chi connectivity index (χ1v) is 10.0. The second-order valence-corrected chi connectivity index (χ2v) is 7.40. The minimum absolute atomic E-state index is 0.132. The Kier molecular flexibility index (Phi) is 5.59. The number of rotatable bonds is 6. The molecule has 0 fully saturated rings. The Labute approximate surface area is 184 Å². The van der Waals surface area contributed by atoms with Crippen molar-refractivity contribution in [1.82, 2.24) is 15.0 Å². The molecule has 0 aliphatic carbocycles. The third-order valence-corrected chi connectivity index (χ3v) is 5.25. The number of Topliss-reactive ketones (excluding diaryl/α,β-unsaturated/α-hetero) is 1. The van der Waals surface area contributed by atoms with E-state index in [0.29, 0.717) is 22.8 Å². The Morgan fingerprint density at radius 3 is 2.47 bits per heavy atom. The van der Waals surface area contributed by atoms with E-state index in [9.17, 15) is 14.4 Å². The third-order valence-electron chi connectivity index (χ3n) is 5.25. The topological polar surface area (TPSA) is 117 Å². The number of H-pyrrole nitrogens is 2. The summed E-state index contributed by atoms with van der Waals surface area (Å²) in [5.41, 5.74) is 4.32. The molecule has 162 valence electrons. The van der Waals surface area contributed by atoms with Crippen LogP contribution in [0.4, 0.5) is 5.69 Å². The highest BCUT2D eigenvalue weighted by atomic mass is 16.5. The number of ketones is 1. The largest absolute Gasteiger partial charge is 0.465 e. The Hall–Kier alpha value is -4.20. The zero-order chi connectivity index (χ0) is 22.8. The number of hydrogen-bond donors (Lipinski definition) is 3. The quantitative estimate of drug-likeness (QED) is 0.315. The average Bonchev–Trinajstić information content (AvgIpc) is 3.34. The van der Waals surface area contributed by atoms with Crippen molar-refractivity contribution >= 4 is 34.4 Å². The lowest BCUT2D eigenvalue weighted by molar-refractivity contribution is -0.115. The standard InChI is InChI=1S/C24H22N4O4/c1-13-21(24(31)32-3)19(26-22(13)14(2)29)12-20(30)25-16-9-5-4-8-15(16)23-27-17-10-6-7-11-18(17)28-23/h4-11,26H,12H2,1-3H3,(H,25,30)(H,27,28). The van der Waals surface area contributed by atoms with Crippen LogP contribution in [0.1, 0.15) is 39.0 Å². The molecule has 4 rings (SSSR count). The summed E-state index contributed by atoms with van der Waals surface area (Å²) in [6.45, 7) is 3.05. The number of ether oxygens (including phenoxy) is 1. The van der Waals surface area contributed by atoms with Crippen molar-refractivity contribution < 1.29 is 19.1 Å². The van der Waals surface area contributed by atoms with Gasteiger partial charge in [-0.25, -0.2) is 9.78 Å². The number of anilines is 1. The second kappa shape index (κ2) is 8.50. The first kappa shape index (κ1) is 21.0. The van der Waals surface area contributed by atoms with Crippen molar-refractivity contribution in [2.45, 2.75) is 20.3 Å². The van der Waals surface area contributed by atoms with Crippen LogP contribution in [0.2, 0.25) is 0 Å². The normalized spacial score (nSPS) is 10.8. The number of methoxy groups -OCH3 is 1. The number of aromatic amines is 2. The van der Waals surface area contributed by atoms with Gasteiger partial charge in [0.2, 0.25) is 5.91 Å². The number of para-hydroxylation sites is 3. The molecule has 32 heavy (non-hydrogen) atoms. The smallest absolute Gasteiger partial charge is 0.339 e. The lowest BCUT2D eigenvalue weighted by atomic mass is 10.1. The maximum atomic E-state index is 12.9. The summed E-state index contributed by atoms with van der Waals surface area (Å²) in [7, 11) is 1.26. The molecule has 8 nitrogen and oxygen atoms in total.